The molecule has 1 spiro atoms. The molecule has 252 valence electrons. The van der Waals surface area contributed by atoms with Crippen LogP contribution >= 0.6 is 0 Å². The molecule has 0 bridgehead atoms. The summed E-state index contributed by atoms with van der Waals surface area (Å²) in [7, 11) is 0. The number of nitrogens with zero attached hydrogens (tertiary/aromatic N) is 2. The topological polar surface area (TPSA) is 35.0 Å². The van der Waals surface area contributed by atoms with Crippen molar-refractivity contribution in [3.8, 4) is 67.7 Å². The highest BCUT2D eigenvalue weighted by Gasteiger charge is 2.51. The first kappa shape index (κ1) is 30.5. The lowest BCUT2D eigenvalue weighted by atomic mass is 9.65. The van der Waals surface area contributed by atoms with E-state index < -0.39 is 5.41 Å². The fourth-order valence-corrected chi connectivity index (χ4v) is 8.68. The van der Waals surface area contributed by atoms with Gasteiger partial charge in [-0.15, -0.1) is 0 Å². The first-order valence-electron chi connectivity index (χ1n) is 18.4. The van der Waals surface area contributed by atoms with E-state index in [1.807, 2.05) is 24.3 Å². The zero-order valence-corrected chi connectivity index (χ0v) is 29.3. The van der Waals surface area contributed by atoms with Crippen molar-refractivity contribution in [2.75, 3.05) is 0 Å². The van der Waals surface area contributed by atoms with Crippen molar-refractivity contribution >= 4 is 10.8 Å². The standard InChI is InChI=1S/C51H32N2O/c1-3-13-33(14-4-1)34-23-25-35(26-24-34)46-32-47(53-50(52-46)36-15-5-2-6-16-36)39-27-28-44-48(31-39)54-49-30-38-18-8-7-17-37(38)29-45(49)51(44)42-21-11-9-19-40(42)41-20-10-12-22-43(41)51/h1-32H. The van der Waals surface area contributed by atoms with E-state index in [1.165, 1.54) is 38.8 Å². The molecule has 1 aromatic heterocycles. The molecule has 1 aliphatic heterocycles. The Labute approximate surface area is 313 Å². The highest BCUT2D eigenvalue weighted by Crippen LogP contribution is 2.62. The summed E-state index contributed by atoms with van der Waals surface area (Å²) in [5, 5.41) is 2.34. The highest BCUT2D eigenvalue weighted by atomic mass is 16.5. The number of hydrogen-bond donors (Lipinski definition) is 0. The van der Waals surface area contributed by atoms with Gasteiger partial charge in [0.05, 0.1) is 16.8 Å². The van der Waals surface area contributed by atoms with Gasteiger partial charge in [-0.05, 0) is 68.4 Å². The molecular weight excluding hydrogens is 657 g/mol. The van der Waals surface area contributed by atoms with Crippen LogP contribution in [0.5, 0.6) is 11.5 Å². The summed E-state index contributed by atoms with van der Waals surface area (Å²) in [6.07, 6.45) is 0. The van der Waals surface area contributed by atoms with Gasteiger partial charge >= 0.3 is 0 Å². The zero-order valence-electron chi connectivity index (χ0n) is 29.3. The number of fused-ring (bicyclic) bond motifs is 10. The normalized spacial score (nSPS) is 13.1. The minimum atomic E-state index is -0.550. The average molecular weight is 689 g/mol. The third-order valence-corrected chi connectivity index (χ3v) is 11.2. The molecule has 0 N–H and O–H groups in total. The Hall–Kier alpha value is -7.10. The van der Waals surface area contributed by atoms with E-state index in [-0.39, 0.29) is 0 Å². The molecule has 1 aliphatic carbocycles. The number of rotatable bonds is 4. The second kappa shape index (κ2) is 12.0. The fraction of sp³-hybridized carbons (Fsp3) is 0.0196. The van der Waals surface area contributed by atoms with Gasteiger partial charge in [-0.3, -0.25) is 0 Å². The Morgan fingerprint density at radius 1 is 0.333 bits per heavy atom. The van der Waals surface area contributed by atoms with Crippen molar-refractivity contribution in [2.24, 2.45) is 0 Å². The van der Waals surface area contributed by atoms with Crippen LogP contribution < -0.4 is 4.74 Å². The quantitative estimate of drug-likeness (QED) is 0.185. The van der Waals surface area contributed by atoms with Crippen molar-refractivity contribution < 1.29 is 4.74 Å². The Morgan fingerprint density at radius 2 is 0.833 bits per heavy atom. The number of aromatic nitrogens is 2. The Kier molecular flexibility index (Phi) is 6.77. The van der Waals surface area contributed by atoms with Crippen molar-refractivity contribution in [2.45, 2.75) is 5.41 Å². The average Bonchev–Trinajstić information content (AvgIpc) is 3.54. The summed E-state index contributed by atoms with van der Waals surface area (Å²) >= 11 is 0. The Bertz CT molecular complexity index is 2850. The molecule has 0 fully saturated rings. The second-order valence-electron chi connectivity index (χ2n) is 14.1. The molecule has 2 heterocycles. The summed E-state index contributed by atoms with van der Waals surface area (Å²) in [5.74, 6) is 2.38. The molecule has 54 heavy (non-hydrogen) atoms. The molecule has 0 saturated heterocycles. The lowest BCUT2D eigenvalue weighted by Gasteiger charge is -2.39. The summed E-state index contributed by atoms with van der Waals surface area (Å²) < 4.78 is 7.01. The van der Waals surface area contributed by atoms with Crippen molar-refractivity contribution in [1.29, 1.82) is 0 Å². The first-order chi connectivity index (χ1) is 26.7. The van der Waals surface area contributed by atoms with Gasteiger partial charge in [0, 0.05) is 27.8 Å². The molecule has 2 aliphatic rings. The minimum Gasteiger partial charge on any atom is -0.457 e. The van der Waals surface area contributed by atoms with Crippen LogP contribution in [0.2, 0.25) is 0 Å². The van der Waals surface area contributed by atoms with E-state index in [9.17, 15) is 0 Å². The predicted octanol–water partition coefficient (Wildman–Crippen LogP) is 12.8. The fourth-order valence-electron chi connectivity index (χ4n) is 8.68. The monoisotopic (exact) mass is 688 g/mol. The van der Waals surface area contributed by atoms with Gasteiger partial charge < -0.3 is 4.74 Å². The molecule has 0 saturated carbocycles. The maximum absolute atomic E-state index is 7.01. The van der Waals surface area contributed by atoms with Crippen LogP contribution in [0.1, 0.15) is 22.3 Å². The SMILES string of the molecule is c1ccc(-c2ccc(-c3cc(-c4ccc5c(c4)Oc4cc6ccccc6cc4C54c5ccccc5-c5ccccc54)nc(-c4ccccc4)n3)cc2)cc1. The molecule has 0 radical (unpaired) electrons. The molecule has 0 unspecified atom stereocenters. The van der Waals surface area contributed by atoms with Crippen molar-refractivity contribution in [3.63, 3.8) is 0 Å². The van der Waals surface area contributed by atoms with E-state index in [0.29, 0.717) is 5.82 Å². The smallest absolute Gasteiger partial charge is 0.160 e. The third-order valence-electron chi connectivity index (χ3n) is 11.2. The van der Waals surface area contributed by atoms with E-state index in [1.54, 1.807) is 0 Å². The second-order valence-corrected chi connectivity index (χ2v) is 14.1. The van der Waals surface area contributed by atoms with Crippen LogP contribution in [-0.4, -0.2) is 9.97 Å². The summed E-state index contributed by atoms with van der Waals surface area (Å²) in [6, 6.07) is 68.9. The van der Waals surface area contributed by atoms with Gasteiger partial charge in [0.1, 0.15) is 11.5 Å². The minimum absolute atomic E-state index is 0.550. The summed E-state index contributed by atoms with van der Waals surface area (Å²) in [4.78, 5) is 10.3. The van der Waals surface area contributed by atoms with Crippen LogP contribution in [-0.2, 0) is 5.41 Å². The molecule has 0 atom stereocenters. The number of ether oxygens (including phenoxy) is 1. The van der Waals surface area contributed by atoms with Gasteiger partial charge in [0.25, 0.3) is 0 Å². The van der Waals surface area contributed by atoms with E-state index in [4.69, 9.17) is 14.7 Å². The summed E-state index contributed by atoms with van der Waals surface area (Å²) in [5.41, 5.74) is 13.8. The number of hydrogen-bond acceptors (Lipinski definition) is 3. The van der Waals surface area contributed by atoms with Gasteiger partial charge in [0.2, 0.25) is 0 Å². The van der Waals surface area contributed by atoms with Crippen LogP contribution in [0.25, 0.3) is 66.9 Å². The first-order valence-corrected chi connectivity index (χ1v) is 18.4. The van der Waals surface area contributed by atoms with E-state index in [2.05, 4.69) is 170 Å². The maximum atomic E-state index is 7.01. The molecule has 8 aromatic carbocycles. The van der Waals surface area contributed by atoms with Gasteiger partial charge in [-0.2, -0.15) is 0 Å². The highest BCUT2D eigenvalue weighted by molar-refractivity contribution is 5.93. The lowest BCUT2D eigenvalue weighted by molar-refractivity contribution is 0.437. The molecular formula is C51H32N2O. The number of benzene rings is 8. The van der Waals surface area contributed by atoms with Gasteiger partial charge in [-0.25, -0.2) is 9.97 Å². The van der Waals surface area contributed by atoms with Crippen molar-refractivity contribution in [3.05, 3.63) is 216 Å². The van der Waals surface area contributed by atoms with Crippen LogP contribution in [0.4, 0.5) is 0 Å². The molecule has 0 amide bonds. The predicted molar refractivity (Wildman–Crippen MR) is 219 cm³/mol. The third kappa shape index (κ3) is 4.62. The van der Waals surface area contributed by atoms with Crippen molar-refractivity contribution in [1.82, 2.24) is 9.97 Å². The molecule has 3 heteroatoms. The Balaban J connectivity index is 1.11. The van der Waals surface area contributed by atoms with E-state index in [0.717, 1.165) is 56.1 Å². The Morgan fingerprint density at radius 3 is 1.52 bits per heavy atom. The molecule has 9 aromatic rings. The van der Waals surface area contributed by atoms with Crippen LogP contribution in [0, 0.1) is 0 Å². The maximum Gasteiger partial charge on any atom is 0.160 e. The van der Waals surface area contributed by atoms with Gasteiger partial charge in [0.15, 0.2) is 5.82 Å². The summed E-state index contributed by atoms with van der Waals surface area (Å²) in [6.45, 7) is 0. The lowest BCUT2D eigenvalue weighted by Crippen LogP contribution is -2.32. The molecule has 11 rings (SSSR count). The van der Waals surface area contributed by atoms with E-state index >= 15 is 0 Å². The van der Waals surface area contributed by atoms with Gasteiger partial charge in [-0.1, -0.05) is 170 Å². The van der Waals surface area contributed by atoms with Crippen LogP contribution in [0.3, 0.4) is 0 Å². The zero-order chi connectivity index (χ0) is 35.6. The van der Waals surface area contributed by atoms with Crippen LogP contribution in [0.15, 0.2) is 194 Å². The largest absolute Gasteiger partial charge is 0.457 e. The molecule has 3 nitrogen and oxygen atoms in total.